The Morgan fingerprint density at radius 1 is 1.29 bits per heavy atom. The molecule has 1 saturated carbocycles. The van der Waals surface area contributed by atoms with E-state index in [9.17, 15) is 0 Å². The lowest BCUT2D eigenvalue weighted by Crippen LogP contribution is -2.53. The van der Waals surface area contributed by atoms with Gasteiger partial charge in [0.05, 0.1) is 6.61 Å². The first kappa shape index (κ1) is 14.9. The minimum Gasteiger partial charge on any atom is -0.383 e. The molecule has 1 aliphatic carbocycles. The van der Waals surface area contributed by atoms with Crippen molar-refractivity contribution >= 4 is 0 Å². The van der Waals surface area contributed by atoms with Gasteiger partial charge in [-0.1, -0.05) is 13.8 Å². The molecule has 0 aromatic heterocycles. The lowest BCUT2D eigenvalue weighted by atomic mass is 9.76. The Hall–Kier alpha value is -0.120. The maximum Gasteiger partial charge on any atom is 0.0615 e. The average molecular weight is 242 g/mol. The molecule has 0 saturated heterocycles. The number of ether oxygens (including phenoxy) is 1. The third-order valence-corrected chi connectivity index (χ3v) is 4.48. The van der Waals surface area contributed by atoms with Crippen molar-refractivity contribution in [2.45, 2.75) is 58.2 Å². The second-order valence-electron chi connectivity index (χ2n) is 6.02. The maximum atomic E-state index is 6.29. The molecule has 3 nitrogen and oxygen atoms in total. The van der Waals surface area contributed by atoms with Crippen LogP contribution in [0, 0.1) is 11.8 Å². The van der Waals surface area contributed by atoms with Crippen molar-refractivity contribution in [3.8, 4) is 0 Å². The van der Waals surface area contributed by atoms with Gasteiger partial charge in [0.15, 0.2) is 0 Å². The molecule has 0 aromatic carbocycles. The minimum atomic E-state index is 0.328. The van der Waals surface area contributed by atoms with Crippen molar-refractivity contribution in [1.29, 1.82) is 0 Å². The largest absolute Gasteiger partial charge is 0.383 e. The zero-order chi connectivity index (χ0) is 13.0. The molecule has 1 fully saturated rings. The smallest absolute Gasteiger partial charge is 0.0615 e. The molecule has 0 amide bonds. The van der Waals surface area contributed by atoms with Crippen LogP contribution in [0.2, 0.25) is 0 Å². The molecule has 0 spiro atoms. The van der Waals surface area contributed by atoms with E-state index in [1.54, 1.807) is 7.11 Å². The fourth-order valence-electron chi connectivity index (χ4n) is 2.96. The van der Waals surface area contributed by atoms with Crippen molar-refractivity contribution in [3.05, 3.63) is 0 Å². The van der Waals surface area contributed by atoms with E-state index >= 15 is 0 Å². The summed E-state index contributed by atoms with van der Waals surface area (Å²) < 4.78 is 5.24. The first-order chi connectivity index (χ1) is 7.97. The summed E-state index contributed by atoms with van der Waals surface area (Å²) in [5, 5.41) is 0. The molecule has 1 aliphatic rings. The highest BCUT2D eigenvalue weighted by Gasteiger charge is 2.33. The predicted molar refractivity (Wildman–Crippen MR) is 73.0 cm³/mol. The standard InChI is InChI=1S/C14H30N2O/c1-10(2)12-6-7-13(15)14(8-12)16(4)11(3)9-17-5/h10-14H,6-9,15H2,1-5H3. The maximum absolute atomic E-state index is 6.29. The number of methoxy groups -OCH3 is 1. The van der Waals surface area contributed by atoms with Crippen LogP contribution in [0.25, 0.3) is 0 Å². The normalized spacial score (nSPS) is 32.1. The van der Waals surface area contributed by atoms with Crippen LogP contribution < -0.4 is 5.73 Å². The van der Waals surface area contributed by atoms with Gasteiger partial charge in [-0.3, -0.25) is 4.90 Å². The molecule has 0 aromatic rings. The van der Waals surface area contributed by atoms with Crippen molar-refractivity contribution < 1.29 is 4.74 Å². The number of nitrogens with two attached hydrogens (primary N) is 1. The number of rotatable bonds is 5. The molecule has 4 atom stereocenters. The Morgan fingerprint density at radius 3 is 2.47 bits per heavy atom. The van der Waals surface area contributed by atoms with Crippen molar-refractivity contribution in [3.63, 3.8) is 0 Å². The summed E-state index contributed by atoms with van der Waals surface area (Å²) in [6, 6.07) is 1.29. The number of nitrogens with zero attached hydrogens (tertiary/aromatic N) is 1. The van der Waals surface area contributed by atoms with Crippen LogP contribution in [0.3, 0.4) is 0 Å². The SMILES string of the molecule is COCC(C)N(C)C1CC(C(C)C)CCC1N. The molecular formula is C14H30N2O. The van der Waals surface area contributed by atoms with Gasteiger partial charge in [0.2, 0.25) is 0 Å². The Labute approximate surface area is 107 Å². The zero-order valence-electron chi connectivity index (χ0n) is 12.1. The summed E-state index contributed by atoms with van der Waals surface area (Å²) >= 11 is 0. The van der Waals surface area contributed by atoms with E-state index in [1.807, 2.05) is 0 Å². The molecule has 102 valence electrons. The van der Waals surface area contributed by atoms with Crippen molar-refractivity contribution in [2.75, 3.05) is 20.8 Å². The molecule has 2 N–H and O–H groups in total. The van der Waals surface area contributed by atoms with E-state index in [2.05, 4.69) is 32.7 Å². The molecule has 0 heterocycles. The summed E-state index contributed by atoms with van der Waals surface area (Å²) in [6.07, 6.45) is 3.70. The number of likely N-dealkylation sites (N-methyl/N-ethyl adjacent to an activating group) is 1. The summed E-state index contributed by atoms with van der Waals surface area (Å²) in [6.45, 7) is 7.66. The third-order valence-electron chi connectivity index (χ3n) is 4.48. The predicted octanol–water partition coefficient (Wildman–Crippen LogP) is 2.11. The van der Waals surface area contributed by atoms with Crippen LogP contribution >= 0.6 is 0 Å². The van der Waals surface area contributed by atoms with Crippen LogP contribution in [0.4, 0.5) is 0 Å². The molecule has 0 bridgehead atoms. The van der Waals surface area contributed by atoms with E-state index in [1.165, 1.54) is 12.8 Å². The second kappa shape index (κ2) is 6.72. The van der Waals surface area contributed by atoms with E-state index in [4.69, 9.17) is 10.5 Å². The van der Waals surface area contributed by atoms with Gasteiger partial charge in [-0.15, -0.1) is 0 Å². The van der Waals surface area contributed by atoms with Gasteiger partial charge in [0.25, 0.3) is 0 Å². The third kappa shape index (κ3) is 3.94. The van der Waals surface area contributed by atoms with E-state index in [0.717, 1.165) is 24.9 Å². The van der Waals surface area contributed by atoms with E-state index in [-0.39, 0.29) is 0 Å². The second-order valence-corrected chi connectivity index (χ2v) is 6.02. The van der Waals surface area contributed by atoms with Gasteiger partial charge in [-0.05, 0) is 45.1 Å². The quantitative estimate of drug-likeness (QED) is 0.802. The Bertz CT molecular complexity index is 220. The van der Waals surface area contributed by atoms with Crippen molar-refractivity contribution in [1.82, 2.24) is 4.90 Å². The first-order valence-electron chi connectivity index (χ1n) is 6.93. The summed E-state index contributed by atoms with van der Waals surface area (Å²) in [5.41, 5.74) is 6.29. The van der Waals surface area contributed by atoms with E-state index in [0.29, 0.717) is 18.1 Å². The average Bonchev–Trinajstić information content (AvgIpc) is 2.28. The lowest BCUT2D eigenvalue weighted by Gasteiger charge is -2.43. The molecule has 3 heteroatoms. The first-order valence-corrected chi connectivity index (χ1v) is 6.93. The fourth-order valence-corrected chi connectivity index (χ4v) is 2.96. The fraction of sp³-hybridized carbons (Fsp3) is 1.00. The zero-order valence-corrected chi connectivity index (χ0v) is 12.1. The van der Waals surface area contributed by atoms with Crippen LogP contribution in [0.1, 0.15) is 40.0 Å². The lowest BCUT2D eigenvalue weighted by molar-refractivity contribution is 0.0497. The van der Waals surface area contributed by atoms with E-state index < -0.39 is 0 Å². The molecule has 4 unspecified atom stereocenters. The Balaban J connectivity index is 2.59. The van der Waals surface area contributed by atoms with Gasteiger partial charge in [0.1, 0.15) is 0 Å². The molecule has 17 heavy (non-hydrogen) atoms. The summed E-state index contributed by atoms with van der Waals surface area (Å²) in [7, 11) is 3.96. The Kier molecular flexibility index (Phi) is 5.90. The molecule has 0 aliphatic heterocycles. The Morgan fingerprint density at radius 2 is 1.94 bits per heavy atom. The van der Waals surface area contributed by atoms with Gasteiger partial charge < -0.3 is 10.5 Å². The number of hydrogen-bond donors (Lipinski definition) is 1. The highest BCUT2D eigenvalue weighted by molar-refractivity contribution is 4.90. The molecule has 1 rings (SSSR count). The van der Waals surface area contributed by atoms with Crippen LogP contribution in [0.5, 0.6) is 0 Å². The highest BCUT2D eigenvalue weighted by Crippen LogP contribution is 2.32. The van der Waals surface area contributed by atoms with Crippen LogP contribution in [-0.2, 0) is 4.74 Å². The van der Waals surface area contributed by atoms with Crippen molar-refractivity contribution in [2.24, 2.45) is 17.6 Å². The van der Waals surface area contributed by atoms with Gasteiger partial charge >= 0.3 is 0 Å². The molecular weight excluding hydrogens is 212 g/mol. The summed E-state index contributed by atoms with van der Waals surface area (Å²) in [5.74, 6) is 1.60. The van der Waals surface area contributed by atoms with Gasteiger partial charge in [-0.2, -0.15) is 0 Å². The summed E-state index contributed by atoms with van der Waals surface area (Å²) in [4.78, 5) is 2.42. The van der Waals surface area contributed by atoms with Crippen LogP contribution in [0.15, 0.2) is 0 Å². The highest BCUT2D eigenvalue weighted by atomic mass is 16.5. The monoisotopic (exact) mass is 242 g/mol. The van der Waals surface area contributed by atoms with Gasteiger partial charge in [0, 0.05) is 25.2 Å². The molecule has 0 radical (unpaired) electrons. The minimum absolute atomic E-state index is 0.328. The van der Waals surface area contributed by atoms with Gasteiger partial charge in [-0.25, -0.2) is 0 Å². The van der Waals surface area contributed by atoms with Crippen LogP contribution in [-0.4, -0.2) is 43.8 Å². The topological polar surface area (TPSA) is 38.5 Å². The number of hydrogen-bond acceptors (Lipinski definition) is 3.